The van der Waals surface area contributed by atoms with Crippen LogP contribution in [0.4, 0.5) is 0 Å². The van der Waals surface area contributed by atoms with Crippen molar-refractivity contribution in [3.63, 3.8) is 0 Å². The second kappa shape index (κ2) is 10.7. The van der Waals surface area contributed by atoms with Gasteiger partial charge >= 0.3 is 5.97 Å². The number of amides is 2. The summed E-state index contributed by atoms with van der Waals surface area (Å²) in [5.41, 5.74) is 4.24. The summed E-state index contributed by atoms with van der Waals surface area (Å²) in [6.45, 7) is 7.26. The Morgan fingerprint density at radius 2 is 1.62 bits per heavy atom. The number of carbonyl (C=O) groups excluding carboxylic acids is 3. The van der Waals surface area contributed by atoms with E-state index in [0.717, 1.165) is 22.4 Å². The van der Waals surface area contributed by atoms with Crippen LogP contribution in [0.3, 0.4) is 0 Å². The van der Waals surface area contributed by atoms with Crippen molar-refractivity contribution in [1.29, 1.82) is 0 Å². The number of benzene rings is 2. The molecule has 1 unspecified atom stereocenters. The van der Waals surface area contributed by atoms with Gasteiger partial charge in [0.05, 0.1) is 29.3 Å². The first kappa shape index (κ1) is 27.3. The second-order valence-corrected chi connectivity index (χ2v) is 11.3. The van der Waals surface area contributed by atoms with Crippen LogP contribution in [0.25, 0.3) is 16.9 Å². The number of imide groups is 1. The fourth-order valence-corrected chi connectivity index (χ4v) is 5.13. The van der Waals surface area contributed by atoms with Gasteiger partial charge in [0, 0.05) is 30.1 Å². The van der Waals surface area contributed by atoms with Gasteiger partial charge in [-0.05, 0) is 63.8 Å². The van der Waals surface area contributed by atoms with Crippen molar-refractivity contribution in [1.82, 2.24) is 14.3 Å². The summed E-state index contributed by atoms with van der Waals surface area (Å²) in [5, 5.41) is 10.1. The van der Waals surface area contributed by atoms with E-state index in [1.807, 2.05) is 74.0 Å². The maximum atomic E-state index is 13.0. The van der Waals surface area contributed by atoms with E-state index in [0.29, 0.717) is 23.2 Å². The number of fused-ring (bicyclic) bond motifs is 2. The Balaban J connectivity index is 1.37. The Morgan fingerprint density at radius 3 is 2.23 bits per heavy atom. The summed E-state index contributed by atoms with van der Waals surface area (Å²) in [5.74, 6) is -1.38. The van der Waals surface area contributed by atoms with Crippen molar-refractivity contribution in [2.45, 2.75) is 52.2 Å². The van der Waals surface area contributed by atoms with E-state index < -0.39 is 11.7 Å². The number of pyridine rings is 1. The lowest BCUT2D eigenvalue weighted by Gasteiger charge is -2.25. The highest BCUT2D eigenvalue weighted by atomic mass is 16.6. The largest absolute Gasteiger partial charge is 0.460 e. The molecule has 5 rings (SSSR count). The smallest absolute Gasteiger partial charge is 0.306 e. The molecule has 2 aromatic carbocycles. The van der Waals surface area contributed by atoms with Gasteiger partial charge in [-0.15, -0.1) is 0 Å². The Bertz CT molecular complexity index is 1550. The summed E-state index contributed by atoms with van der Waals surface area (Å²) in [6, 6.07) is 18.4. The lowest BCUT2D eigenvalue weighted by atomic mass is 9.94. The Labute approximate surface area is 233 Å². The molecule has 4 aromatic rings. The number of carbonyl (C=O) groups is 3. The number of rotatable bonds is 8. The minimum Gasteiger partial charge on any atom is -0.460 e. The number of aliphatic hydroxyl groups excluding tert-OH is 1. The highest BCUT2D eigenvalue weighted by Gasteiger charge is 2.37. The van der Waals surface area contributed by atoms with Crippen LogP contribution >= 0.6 is 0 Å². The van der Waals surface area contributed by atoms with Crippen LogP contribution in [0.5, 0.6) is 0 Å². The number of hydrogen-bond donors (Lipinski definition) is 1. The zero-order valence-corrected chi connectivity index (χ0v) is 23.1. The molecular formula is C32H33N3O5. The van der Waals surface area contributed by atoms with E-state index in [1.165, 1.54) is 4.90 Å². The summed E-state index contributed by atoms with van der Waals surface area (Å²) >= 11 is 0. The summed E-state index contributed by atoms with van der Waals surface area (Å²) in [4.78, 5) is 44.8. The van der Waals surface area contributed by atoms with Crippen molar-refractivity contribution in [2.24, 2.45) is 5.92 Å². The van der Waals surface area contributed by atoms with Crippen LogP contribution in [0, 0.1) is 5.92 Å². The van der Waals surface area contributed by atoms with E-state index in [2.05, 4.69) is 0 Å². The van der Waals surface area contributed by atoms with Gasteiger partial charge in [-0.3, -0.25) is 19.3 Å². The first-order valence-electron chi connectivity index (χ1n) is 13.4. The first-order chi connectivity index (χ1) is 19.0. The zero-order valence-electron chi connectivity index (χ0n) is 23.1. The Kier molecular flexibility index (Phi) is 7.29. The molecule has 0 aliphatic carbocycles. The van der Waals surface area contributed by atoms with Gasteiger partial charge in [0.25, 0.3) is 11.8 Å². The molecule has 0 radical (unpaired) electrons. The molecule has 1 N–H and O–H groups in total. The fraction of sp³-hybridized carbons (Fsp3) is 0.312. The predicted octanol–water partition coefficient (Wildman–Crippen LogP) is 5.24. The molecule has 2 aromatic heterocycles. The van der Waals surface area contributed by atoms with Crippen LogP contribution in [-0.4, -0.2) is 49.3 Å². The summed E-state index contributed by atoms with van der Waals surface area (Å²) < 4.78 is 7.46. The van der Waals surface area contributed by atoms with Crippen molar-refractivity contribution in [3.05, 3.63) is 95.3 Å². The monoisotopic (exact) mass is 539 g/mol. The second-order valence-electron chi connectivity index (χ2n) is 11.3. The standard InChI is InChI=1S/C32H33N3O5/c1-20(36)24-10-7-15-34-19-27(33-29(24)34)23-13-11-21(12-14-23)16-22(17-28(37)40-32(2,3)4)18-35-30(38)25-8-5-6-9-26(25)31(35)39/h5-15,19-20,22,36H,16-18H2,1-4H3/t20?,22-/m1/s1. The quantitative estimate of drug-likeness (QED) is 0.243. The first-order valence-corrected chi connectivity index (χ1v) is 13.4. The molecule has 0 fully saturated rings. The topological polar surface area (TPSA) is 101 Å². The van der Waals surface area contributed by atoms with Gasteiger partial charge in [0.1, 0.15) is 11.2 Å². The third kappa shape index (κ3) is 5.67. The number of esters is 1. The van der Waals surface area contributed by atoms with Gasteiger partial charge in [-0.2, -0.15) is 0 Å². The van der Waals surface area contributed by atoms with Crippen LogP contribution in [0.15, 0.2) is 73.1 Å². The molecule has 1 aliphatic rings. The normalized spacial score (nSPS) is 14.9. The molecule has 8 heteroatoms. The Morgan fingerprint density at radius 1 is 0.975 bits per heavy atom. The van der Waals surface area contributed by atoms with Crippen LogP contribution < -0.4 is 0 Å². The molecule has 3 heterocycles. The fourth-order valence-electron chi connectivity index (χ4n) is 5.13. The minimum absolute atomic E-state index is 0.0704. The average molecular weight is 540 g/mol. The minimum atomic E-state index is -0.638. The van der Waals surface area contributed by atoms with E-state index in [4.69, 9.17) is 9.72 Å². The third-order valence-electron chi connectivity index (χ3n) is 6.93. The number of hydrogen-bond acceptors (Lipinski definition) is 6. The molecule has 0 bridgehead atoms. The third-order valence-corrected chi connectivity index (χ3v) is 6.93. The van der Waals surface area contributed by atoms with Crippen LogP contribution in [-0.2, 0) is 16.0 Å². The molecule has 2 amide bonds. The molecule has 0 saturated carbocycles. The van der Waals surface area contributed by atoms with E-state index >= 15 is 0 Å². The molecule has 206 valence electrons. The van der Waals surface area contributed by atoms with Crippen molar-refractivity contribution in [2.75, 3.05) is 6.54 Å². The number of aromatic nitrogens is 2. The van der Waals surface area contributed by atoms with Crippen LogP contribution in [0.1, 0.15) is 72.1 Å². The van der Waals surface area contributed by atoms with Crippen molar-refractivity contribution < 1.29 is 24.2 Å². The maximum Gasteiger partial charge on any atom is 0.306 e. The van der Waals surface area contributed by atoms with Crippen LogP contribution in [0.2, 0.25) is 0 Å². The Hall–Kier alpha value is -4.30. The molecule has 40 heavy (non-hydrogen) atoms. The van der Waals surface area contributed by atoms with Crippen molar-refractivity contribution >= 4 is 23.4 Å². The summed E-state index contributed by atoms with van der Waals surface area (Å²) in [6.07, 6.45) is 3.73. The lowest BCUT2D eigenvalue weighted by Crippen LogP contribution is -2.37. The molecular weight excluding hydrogens is 506 g/mol. The SMILES string of the molecule is CC(O)c1cccn2cc(-c3ccc(C[C@H](CC(=O)OC(C)(C)C)CN4C(=O)c5ccccc5C4=O)cc3)nc12. The zero-order chi connectivity index (χ0) is 28.6. The number of ether oxygens (including phenoxy) is 1. The maximum absolute atomic E-state index is 13.0. The van der Waals surface area contributed by atoms with Gasteiger partial charge in [-0.25, -0.2) is 4.98 Å². The molecule has 2 atom stereocenters. The van der Waals surface area contributed by atoms with Gasteiger partial charge in [-0.1, -0.05) is 42.5 Å². The average Bonchev–Trinajstić information content (AvgIpc) is 3.43. The lowest BCUT2D eigenvalue weighted by molar-refractivity contribution is -0.156. The number of aliphatic hydroxyl groups is 1. The molecule has 0 spiro atoms. The van der Waals surface area contributed by atoms with E-state index in [-0.39, 0.29) is 36.7 Å². The number of imidazole rings is 1. The highest BCUT2D eigenvalue weighted by Crippen LogP contribution is 2.28. The van der Waals surface area contributed by atoms with E-state index in [9.17, 15) is 19.5 Å². The highest BCUT2D eigenvalue weighted by molar-refractivity contribution is 6.21. The van der Waals surface area contributed by atoms with Gasteiger partial charge in [0.15, 0.2) is 0 Å². The predicted molar refractivity (Wildman–Crippen MR) is 151 cm³/mol. The van der Waals surface area contributed by atoms with Crippen molar-refractivity contribution in [3.8, 4) is 11.3 Å². The van der Waals surface area contributed by atoms with Gasteiger partial charge in [0.2, 0.25) is 0 Å². The molecule has 1 aliphatic heterocycles. The van der Waals surface area contributed by atoms with Gasteiger partial charge < -0.3 is 14.2 Å². The number of nitrogens with zero attached hydrogens (tertiary/aromatic N) is 3. The summed E-state index contributed by atoms with van der Waals surface area (Å²) in [7, 11) is 0. The molecule has 0 saturated heterocycles. The van der Waals surface area contributed by atoms with E-state index in [1.54, 1.807) is 31.2 Å². The molecule has 8 nitrogen and oxygen atoms in total.